The van der Waals surface area contributed by atoms with Crippen molar-refractivity contribution in [3.05, 3.63) is 47.1 Å². The van der Waals surface area contributed by atoms with Crippen LogP contribution in [0.3, 0.4) is 0 Å². The van der Waals surface area contributed by atoms with Gasteiger partial charge in [0.05, 0.1) is 0 Å². The minimum absolute atomic E-state index is 0.134. The maximum Gasteiger partial charge on any atom is 0.225 e. The van der Waals surface area contributed by atoms with E-state index in [1.807, 2.05) is 0 Å². The van der Waals surface area contributed by atoms with Gasteiger partial charge < -0.3 is 4.74 Å². The zero-order valence-electron chi connectivity index (χ0n) is 8.12. The van der Waals surface area contributed by atoms with Gasteiger partial charge in [0.15, 0.2) is 11.6 Å². The number of hydrogen-bond acceptors (Lipinski definition) is 3. The zero-order valence-corrected chi connectivity index (χ0v) is 8.88. The van der Waals surface area contributed by atoms with Crippen LogP contribution in [0.25, 0.3) is 0 Å². The molecular formula is C10H4ClF3N2O. The number of ether oxygens (including phenoxy) is 1. The Morgan fingerprint density at radius 2 is 1.76 bits per heavy atom. The van der Waals surface area contributed by atoms with E-state index in [1.54, 1.807) is 0 Å². The van der Waals surface area contributed by atoms with Gasteiger partial charge in [-0.25, -0.2) is 18.2 Å². The Kier molecular flexibility index (Phi) is 3.14. The molecule has 0 N–H and O–H groups in total. The molecule has 0 fully saturated rings. The van der Waals surface area contributed by atoms with Crippen molar-refractivity contribution in [3.63, 3.8) is 0 Å². The number of hydrogen-bond donors (Lipinski definition) is 0. The Hall–Kier alpha value is -1.82. The van der Waals surface area contributed by atoms with E-state index in [2.05, 4.69) is 9.97 Å². The first-order valence-electron chi connectivity index (χ1n) is 4.37. The van der Waals surface area contributed by atoms with E-state index in [0.717, 1.165) is 0 Å². The molecule has 88 valence electrons. The molecule has 0 atom stereocenters. The Bertz CT molecular complexity index is 542. The van der Waals surface area contributed by atoms with Crippen LogP contribution in [-0.4, -0.2) is 9.97 Å². The minimum Gasteiger partial charge on any atom is -0.433 e. The summed E-state index contributed by atoms with van der Waals surface area (Å²) in [6, 6.07) is 2.26. The molecule has 0 aliphatic heterocycles. The molecule has 0 saturated heterocycles. The third-order valence-corrected chi connectivity index (χ3v) is 1.95. The summed E-state index contributed by atoms with van der Waals surface area (Å²) in [5.41, 5.74) is 0. The first-order valence-corrected chi connectivity index (χ1v) is 4.75. The van der Waals surface area contributed by atoms with Crippen molar-refractivity contribution in [3.8, 4) is 11.6 Å². The van der Waals surface area contributed by atoms with Gasteiger partial charge in [0.2, 0.25) is 16.9 Å². The maximum atomic E-state index is 13.2. The molecule has 0 aliphatic carbocycles. The standard InChI is InChI=1S/C10H4ClF3N2O/c11-10-15-2-1-8(16-10)17-9-6(13)3-5(12)4-7(9)14/h1-4H. The van der Waals surface area contributed by atoms with Gasteiger partial charge in [0.1, 0.15) is 5.82 Å². The largest absolute Gasteiger partial charge is 0.433 e. The van der Waals surface area contributed by atoms with Crippen molar-refractivity contribution in [2.24, 2.45) is 0 Å². The summed E-state index contributed by atoms with van der Waals surface area (Å²) < 4.78 is 43.9. The first kappa shape index (κ1) is 11.7. The molecule has 3 nitrogen and oxygen atoms in total. The van der Waals surface area contributed by atoms with E-state index < -0.39 is 23.2 Å². The number of benzene rings is 1. The third-order valence-electron chi connectivity index (χ3n) is 1.77. The summed E-state index contributed by atoms with van der Waals surface area (Å²) in [4.78, 5) is 7.15. The van der Waals surface area contributed by atoms with Crippen LogP contribution >= 0.6 is 11.6 Å². The molecule has 0 spiro atoms. The van der Waals surface area contributed by atoms with E-state index in [-0.39, 0.29) is 11.2 Å². The summed E-state index contributed by atoms with van der Waals surface area (Å²) in [5, 5.41) is -0.134. The van der Waals surface area contributed by atoms with Crippen LogP contribution < -0.4 is 4.74 Å². The fourth-order valence-corrected chi connectivity index (χ4v) is 1.25. The van der Waals surface area contributed by atoms with Crippen LogP contribution in [0.5, 0.6) is 11.6 Å². The Morgan fingerprint density at radius 3 is 2.35 bits per heavy atom. The van der Waals surface area contributed by atoms with Crippen molar-refractivity contribution < 1.29 is 17.9 Å². The van der Waals surface area contributed by atoms with Crippen LogP contribution in [0.2, 0.25) is 5.28 Å². The first-order chi connectivity index (χ1) is 8.06. The number of rotatable bonds is 2. The molecule has 7 heteroatoms. The molecule has 1 heterocycles. The quantitative estimate of drug-likeness (QED) is 0.777. The lowest BCUT2D eigenvalue weighted by Gasteiger charge is -2.06. The lowest BCUT2D eigenvalue weighted by Crippen LogP contribution is -1.96. The van der Waals surface area contributed by atoms with Gasteiger partial charge in [-0.15, -0.1) is 0 Å². The molecule has 0 aliphatic rings. The highest BCUT2D eigenvalue weighted by Gasteiger charge is 2.14. The van der Waals surface area contributed by atoms with Gasteiger partial charge in [-0.2, -0.15) is 4.98 Å². The number of aromatic nitrogens is 2. The van der Waals surface area contributed by atoms with Crippen LogP contribution in [0.15, 0.2) is 24.4 Å². The molecule has 1 aromatic carbocycles. The van der Waals surface area contributed by atoms with Crippen LogP contribution in [0.1, 0.15) is 0 Å². The average Bonchev–Trinajstić information content (AvgIpc) is 2.23. The molecule has 1 aromatic heterocycles. The highest BCUT2D eigenvalue weighted by molar-refractivity contribution is 6.28. The predicted molar refractivity (Wildman–Crippen MR) is 53.4 cm³/mol. The van der Waals surface area contributed by atoms with E-state index in [9.17, 15) is 13.2 Å². The Morgan fingerprint density at radius 1 is 1.12 bits per heavy atom. The summed E-state index contributed by atoms with van der Waals surface area (Å²) in [6.07, 6.45) is 1.25. The van der Waals surface area contributed by atoms with Crippen LogP contribution in [0, 0.1) is 17.5 Å². The van der Waals surface area contributed by atoms with Gasteiger partial charge in [-0.1, -0.05) is 0 Å². The fraction of sp³-hybridized carbons (Fsp3) is 0. The van der Waals surface area contributed by atoms with Gasteiger partial charge in [-0.05, 0) is 11.6 Å². The molecule has 0 saturated carbocycles. The van der Waals surface area contributed by atoms with E-state index in [0.29, 0.717) is 12.1 Å². The lowest BCUT2D eigenvalue weighted by atomic mass is 10.3. The van der Waals surface area contributed by atoms with Crippen LogP contribution in [-0.2, 0) is 0 Å². The van der Waals surface area contributed by atoms with E-state index in [4.69, 9.17) is 16.3 Å². The maximum absolute atomic E-state index is 13.2. The predicted octanol–water partition coefficient (Wildman–Crippen LogP) is 3.34. The molecule has 0 unspecified atom stereocenters. The van der Waals surface area contributed by atoms with Gasteiger partial charge in [-0.3, -0.25) is 0 Å². The third kappa shape index (κ3) is 2.65. The summed E-state index contributed by atoms with van der Waals surface area (Å²) in [6.45, 7) is 0. The molecular weight excluding hydrogens is 257 g/mol. The Labute approximate surface area is 98.8 Å². The molecule has 2 rings (SSSR count). The average molecular weight is 261 g/mol. The highest BCUT2D eigenvalue weighted by Crippen LogP contribution is 2.27. The normalized spacial score (nSPS) is 10.4. The zero-order chi connectivity index (χ0) is 12.4. The van der Waals surface area contributed by atoms with Gasteiger partial charge >= 0.3 is 0 Å². The molecule has 2 aromatic rings. The smallest absolute Gasteiger partial charge is 0.225 e. The van der Waals surface area contributed by atoms with Crippen LogP contribution in [0.4, 0.5) is 13.2 Å². The topological polar surface area (TPSA) is 35.0 Å². The second-order valence-electron chi connectivity index (χ2n) is 2.96. The van der Waals surface area contributed by atoms with Crippen molar-refractivity contribution in [2.45, 2.75) is 0 Å². The number of halogens is 4. The Balaban J connectivity index is 2.36. The second-order valence-corrected chi connectivity index (χ2v) is 3.30. The van der Waals surface area contributed by atoms with E-state index >= 15 is 0 Å². The fourth-order valence-electron chi connectivity index (χ4n) is 1.11. The molecule has 0 radical (unpaired) electrons. The SMILES string of the molecule is Fc1cc(F)c(Oc2ccnc(Cl)n2)c(F)c1. The lowest BCUT2D eigenvalue weighted by molar-refractivity contribution is 0.389. The molecule has 0 amide bonds. The van der Waals surface area contributed by atoms with Crippen molar-refractivity contribution in [1.82, 2.24) is 9.97 Å². The van der Waals surface area contributed by atoms with E-state index in [1.165, 1.54) is 12.3 Å². The van der Waals surface area contributed by atoms with Crippen molar-refractivity contribution >= 4 is 11.6 Å². The summed E-state index contributed by atoms with van der Waals surface area (Å²) in [7, 11) is 0. The summed E-state index contributed by atoms with van der Waals surface area (Å²) in [5.74, 6) is -4.27. The second kappa shape index (κ2) is 4.58. The highest BCUT2D eigenvalue weighted by atomic mass is 35.5. The summed E-state index contributed by atoms with van der Waals surface area (Å²) >= 11 is 5.47. The minimum atomic E-state index is -1.17. The van der Waals surface area contributed by atoms with Crippen molar-refractivity contribution in [2.75, 3.05) is 0 Å². The van der Waals surface area contributed by atoms with Gasteiger partial charge in [0, 0.05) is 24.4 Å². The van der Waals surface area contributed by atoms with Gasteiger partial charge in [0.25, 0.3) is 0 Å². The molecule has 17 heavy (non-hydrogen) atoms. The monoisotopic (exact) mass is 260 g/mol. The number of nitrogens with zero attached hydrogens (tertiary/aromatic N) is 2. The molecule has 0 bridgehead atoms. The van der Waals surface area contributed by atoms with Crippen molar-refractivity contribution in [1.29, 1.82) is 0 Å².